The molecule has 1 spiro atoms. The molecule has 0 radical (unpaired) electrons. The normalized spacial score (nSPS) is 53.6. The Morgan fingerprint density at radius 2 is 1.96 bits per heavy atom. The van der Waals surface area contributed by atoms with E-state index in [9.17, 15) is 14.7 Å². The number of ketones is 1. The molecule has 3 saturated carbocycles. The third-order valence-electron chi connectivity index (χ3n) is 9.84. The Hall–Kier alpha value is -1.42. The monoisotopic (exact) mass is 382 g/mol. The second-order valence-corrected chi connectivity index (χ2v) is 10.8. The minimum Gasteiger partial charge on any atom is -0.458 e. The standard InChI is InChI=1S/C24H30O4/c1-22-6-3-14(26)10-18(22)13(12-25)9-15-17(22)4-7-23(2)21(15)16-11-19(16)24(23)8-5-20(27)28-24/h4,10,13,15-16,19,21,25H,3,5-9,11-12H2,1-2H3. The highest BCUT2D eigenvalue weighted by Crippen LogP contribution is 2.78. The molecule has 6 aliphatic rings. The van der Waals surface area contributed by atoms with Crippen molar-refractivity contribution in [1.29, 1.82) is 0 Å². The minimum atomic E-state index is -0.254. The van der Waals surface area contributed by atoms with E-state index < -0.39 is 0 Å². The molecule has 1 saturated heterocycles. The van der Waals surface area contributed by atoms with Crippen LogP contribution >= 0.6 is 0 Å². The van der Waals surface area contributed by atoms with Crippen LogP contribution in [0.2, 0.25) is 0 Å². The van der Waals surface area contributed by atoms with Crippen molar-refractivity contribution in [3.8, 4) is 0 Å². The number of carbonyl (C=O) groups is 2. The number of allylic oxidation sites excluding steroid dienone is 3. The highest BCUT2D eigenvalue weighted by molar-refractivity contribution is 5.92. The van der Waals surface area contributed by atoms with Gasteiger partial charge in [-0.05, 0) is 55.9 Å². The van der Waals surface area contributed by atoms with Crippen molar-refractivity contribution in [2.24, 2.45) is 40.4 Å². The summed E-state index contributed by atoms with van der Waals surface area (Å²) in [6, 6.07) is 0. The minimum absolute atomic E-state index is 0.0119. The molecule has 6 rings (SSSR count). The topological polar surface area (TPSA) is 63.6 Å². The van der Waals surface area contributed by atoms with Crippen molar-refractivity contribution in [3.63, 3.8) is 0 Å². The van der Waals surface area contributed by atoms with Gasteiger partial charge < -0.3 is 9.84 Å². The highest BCUT2D eigenvalue weighted by atomic mass is 16.6. The van der Waals surface area contributed by atoms with Crippen molar-refractivity contribution in [2.75, 3.05) is 6.61 Å². The number of aliphatic hydroxyl groups is 1. The van der Waals surface area contributed by atoms with Gasteiger partial charge in [0.2, 0.25) is 0 Å². The second kappa shape index (κ2) is 5.19. The Kier molecular flexibility index (Phi) is 3.23. The van der Waals surface area contributed by atoms with Gasteiger partial charge in [-0.15, -0.1) is 0 Å². The maximum Gasteiger partial charge on any atom is 0.306 e. The molecule has 4 nitrogen and oxygen atoms in total. The first-order valence-corrected chi connectivity index (χ1v) is 11.1. The number of aliphatic hydroxyl groups excluding tert-OH is 1. The Bertz CT molecular complexity index is 855. The summed E-state index contributed by atoms with van der Waals surface area (Å²) in [7, 11) is 0. The molecule has 0 bridgehead atoms. The Morgan fingerprint density at radius 1 is 1.14 bits per heavy atom. The average Bonchev–Trinajstić information content (AvgIpc) is 3.30. The lowest BCUT2D eigenvalue weighted by atomic mass is 9.47. The molecule has 1 aliphatic heterocycles. The zero-order chi connectivity index (χ0) is 19.5. The maximum absolute atomic E-state index is 12.1. The quantitative estimate of drug-likeness (QED) is 0.556. The number of esters is 1. The molecule has 28 heavy (non-hydrogen) atoms. The van der Waals surface area contributed by atoms with Crippen molar-refractivity contribution in [3.05, 3.63) is 23.3 Å². The maximum atomic E-state index is 12.1. The number of hydrogen-bond donors (Lipinski definition) is 1. The van der Waals surface area contributed by atoms with Crippen LogP contribution in [0.1, 0.15) is 58.8 Å². The summed E-state index contributed by atoms with van der Waals surface area (Å²) in [4.78, 5) is 24.3. The molecule has 0 amide bonds. The SMILES string of the molecule is CC12CCC(=O)C=C1C(CO)CC1C2=CCC2(C)C1C1CC1C21CCC(=O)O1. The summed E-state index contributed by atoms with van der Waals surface area (Å²) in [5.74, 6) is 2.45. The largest absolute Gasteiger partial charge is 0.458 e. The molecule has 1 heterocycles. The van der Waals surface area contributed by atoms with E-state index in [1.165, 1.54) is 17.6 Å². The van der Waals surface area contributed by atoms with Gasteiger partial charge in [-0.25, -0.2) is 0 Å². The van der Waals surface area contributed by atoms with Crippen molar-refractivity contribution in [2.45, 2.75) is 64.4 Å². The van der Waals surface area contributed by atoms with Crippen LogP contribution in [0.25, 0.3) is 0 Å². The summed E-state index contributed by atoms with van der Waals surface area (Å²) in [5.41, 5.74) is 2.37. The van der Waals surface area contributed by atoms with Crippen LogP contribution in [0, 0.1) is 40.4 Å². The lowest BCUT2D eigenvalue weighted by Crippen LogP contribution is -2.54. The van der Waals surface area contributed by atoms with Crippen LogP contribution in [0.15, 0.2) is 23.3 Å². The molecule has 0 aromatic heterocycles. The van der Waals surface area contributed by atoms with Crippen LogP contribution < -0.4 is 0 Å². The smallest absolute Gasteiger partial charge is 0.306 e. The van der Waals surface area contributed by atoms with Gasteiger partial charge in [0.25, 0.3) is 0 Å². The Morgan fingerprint density at radius 3 is 2.68 bits per heavy atom. The molecule has 1 N–H and O–H groups in total. The third kappa shape index (κ3) is 1.82. The van der Waals surface area contributed by atoms with Crippen LogP contribution in [0.3, 0.4) is 0 Å². The van der Waals surface area contributed by atoms with Crippen molar-refractivity contribution >= 4 is 11.8 Å². The summed E-state index contributed by atoms with van der Waals surface area (Å²) < 4.78 is 6.14. The predicted molar refractivity (Wildman–Crippen MR) is 103 cm³/mol. The average molecular weight is 383 g/mol. The van der Waals surface area contributed by atoms with E-state index in [0.29, 0.717) is 36.5 Å². The fraction of sp³-hybridized carbons (Fsp3) is 0.750. The molecule has 4 heteroatoms. The van der Waals surface area contributed by atoms with Crippen LogP contribution in [-0.4, -0.2) is 29.1 Å². The molecule has 5 aliphatic carbocycles. The fourth-order valence-electron chi connectivity index (χ4n) is 8.62. The molecule has 150 valence electrons. The number of ether oxygens (including phenoxy) is 1. The van der Waals surface area contributed by atoms with Crippen LogP contribution in [-0.2, 0) is 14.3 Å². The zero-order valence-corrected chi connectivity index (χ0v) is 16.9. The van der Waals surface area contributed by atoms with Gasteiger partial charge in [0, 0.05) is 42.1 Å². The van der Waals surface area contributed by atoms with Crippen molar-refractivity contribution < 1.29 is 19.4 Å². The van der Waals surface area contributed by atoms with Crippen LogP contribution in [0.4, 0.5) is 0 Å². The van der Waals surface area contributed by atoms with E-state index in [-0.39, 0.29) is 40.7 Å². The zero-order valence-electron chi connectivity index (χ0n) is 16.9. The molecule has 8 atom stereocenters. The predicted octanol–water partition coefficient (Wildman–Crippen LogP) is 3.59. The van der Waals surface area contributed by atoms with E-state index in [1.807, 2.05) is 6.08 Å². The number of rotatable bonds is 1. The van der Waals surface area contributed by atoms with E-state index in [1.54, 1.807) is 0 Å². The van der Waals surface area contributed by atoms with Crippen LogP contribution in [0.5, 0.6) is 0 Å². The van der Waals surface area contributed by atoms with Gasteiger partial charge in [-0.2, -0.15) is 0 Å². The van der Waals surface area contributed by atoms with Gasteiger partial charge in [-0.3, -0.25) is 9.59 Å². The Balaban J connectivity index is 1.47. The molecule has 0 aromatic rings. The van der Waals surface area contributed by atoms with Gasteiger partial charge in [0.05, 0.1) is 0 Å². The van der Waals surface area contributed by atoms with E-state index in [2.05, 4.69) is 19.9 Å². The molecular formula is C24H30O4. The van der Waals surface area contributed by atoms with E-state index in [4.69, 9.17) is 4.74 Å². The molecule has 0 aromatic carbocycles. The molecule has 8 unspecified atom stereocenters. The van der Waals surface area contributed by atoms with Gasteiger partial charge >= 0.3 is 5.97 Å². The summed E-state index contributed by atoms with van der Waals surface area (Å²) in [6.07, 6.45) is 10.3. The first kappa shape index (κ1) is 17.4. The lowest BCUT2D eigenvalue weighted by Gasteiger charge is -2.57. The van der Waals surface area contributed by atoms with Gasteiger partial charge in [-0.1, -0.05) is 31.1 Å². The summed E-state index contributed by atoms with van der Waals surface area (Å²) in [6.45, 7) is 4.80. The number of carbonyl (C=O) groups excluding carboxylic acids is 2. The number of hydrogen-bond acceptors (Lipinski definition) is 4. The van der Waals surface area contributed by atoms with Gasteiger partial charge in [0.15, 0.2) is 5.78 Å². The Labute approximate surface area is 166 Å². The number of fused-ring (bicyclic) bond motifs is 9. The van der Waals surface area contributed by atoms with E-state index >= 15 is 0 Å². The van der Waals surface area contributed by atoms with Crippen molar-refractivity contribution in [1.82, 2.24) is 0 Å². The second-order valence-electron chi connectivity index (χ2n) is 10.8. The fourth-order valence-corrected chi connectivity index (χ4v) is 8.62. The summed E-state index contributed by atoms with van der Waals surface area (Å²) >= 11 is 0. The first-order chi connectivity index (χ1) is 13.3. The first-order valence-electron chi connectivity index (χ1n) is 11.1. The molecule has 4 fully saturated rings. The van der Waals surface area contributed by atoms with E-state index in [0.717, 1.165) is 25.7 Å². The highest BCUT2D eigenvalue weighted by Gasteiger charge is 2.78. The summed E-state index contributed by atoms with van der Waals surface area (Å²) in [5, 5.41) is 10.2. The lowest BCUT2D eigenvalue weighted by molar-refractivity contribution is -0.166. The molecular weight excluding hydrogens is 352 g/mol. The van der Waals surface area contributed by atoms with Gasteiger partial charge in [0.1, 0.15) is 5.60 Å². The third-order valence-corrected chi connectivity index (χ3v) is 9.84.